The van der Waals surface area contributed by atoms with Gasteiger partial charge >= 0.3 is 0 Å². The highest BCUT2D eigenvalue weighted by Gasteiger charge is 2.27. The van der Waals surface area contributed by atoms with E-state index in [-0.39, 0.29) is 23.7 Å². The van der Waals surface area contributed by atoms with Gasteiger partial charge < -0.3 is 10.2 Å². The Balaban J connectivity index is 1.78. The minimum absolute atomic E-state index is 0.0278. The zero-order valence-corrected chi connectivity index (χ0v) is 14.4. The fraction of sp³-hybridized carbons (Fsp3) is 0.556. The second kappa shape index (κ2) is 8.78. The van der Waals surface area contributed by atoms with Gasteiger partial charge in [-0.15, -0.1) is 0 Å². The first-order valence-corrected chi connectivity index (χ1v) is 8.46. The highest BCUT2D eigenvalue weighted by Crippen LogP contribution is 2.15. The molecule has 0 saturated carbocycles. The predicted octanol–water partition coefficient (Wildman–Crippen LogP) is 1.77. The number of rotatable bonds is 6. The van der Waals surface area contributed by atoms with Gasteiger partial charge in [-0.3, -0.25) is 14.5 Å². The number of hydrogen-bond donors (Lipinski definition) is 1. The molecule has 0 aliphatic carbocycles. The summed E-state index contributed by atoms with van der Waals surface area (Å²) in [5.74, 6) is -0.132. The highest BCUT2D eigenvalue weighted by molar-refractivity contribution is 5.79. The number of piperazine rings is 1. The summed E-state index contributed by atoms with van der Waals surface area (Å²) in [5, 5.41) is 2.57. The largest absolute Gasteiger partial charge is 0.359 e. The third-order valence-electron chi connectivity index (χ3n) is 4.42. The van der Waals surface area contributed by atoms with Gasteiger partial charge in [0, 0.05) is 52.1 Å². The molecule has 0 aromatic heterocycles. The molecule has 1 aliphatic heterocycles. The average Bonchev–Trinajstić information content (AvgIpc) is 2.56. The number of carbonyl (C=O) groups excluding carboxylic acids is 2. The van der Waals surface area contributed by atoms with Crippen LogP contribution in [0.1, 0.15) is 31.7 Å². The van der Waals surface area contributed by atoms with E-state index in [4.69, 9.17) is 0 Å². The van der Waals surface area contributed by atoms with Crippen LogP contribution >= 0.6 is 0 Å². The van der Waals surface area contributed by atoms with E-state index in [1.165, 1.54) is 12.1 Å². The maximum absolute atomic E-state index is 13.0. The van der Waals surface area contributed by atoms with E-state index in [1.54, 1.807) is 19.2 Å². The predicted molar refractivity (Wildman–Crippen MR) is 90.8 cm³/mol. The van der Waals surface area contributed by atoms with Crippen LogP contribution in [-0.4, -0.2) is 54.3 Å². The van der Waals surface area contributed by atoms with Gasteiger partial charge in [0.25, 0.3) is 0 Å². The summed E-state index contributed by atoms with van der Waals surface area (Å²) in [5.41, 5.74) is 1.08. The van der Waals surface area contributed by atoms with Gasteiger partial charge in [-0.05, 0) is 31.0 Å². The van der Waals surface area contributed by atoms with Crippen LogP contribution in [0.4, 0.5) is 4.39 Å². The second-order valence-electron chi connectivity index (χ2n) is 6.32. The van der Waals surface area contributed by atoms with Crippen molar-refractivity contribution < 1.29 is 14.0 Å². The molecule has 1 heterocycles. The van der Waals surface area contributed by atoms with Gasteiger partial charge in [0.2, 0.25) is 11.8 Å². The van der Waals surface area contributed by atoms with Crippen LogP contribution in [0.2, 0.25) is 0 Å². The SMILES string of the molecule is CNC(=O)CCCC(=O)N1CCN(Cc2ccc(F)cc2)C[C@H]1C. The lowest BCUT2D eigenvalue weighted by Crippen LogP contribution is -2.53. The van der Waals surface area contributed by atoms with E-state index >= 15 is 0 Å². The molecule has 2 amide bonds. The van der Waals surface area contributed by atoms with Crippen molar-refractivity contribution in [1.29, 1.82) is 0 Å². The molecular weight excluding hydrogens is 309 g/mol. The molecule has 5 nitrogen and oxygen atoms in total. The van der Waals surface area contributed by atoms with Crippen molar-refractivity contribution in [2.45, 2.75) is 38.8 Å². The van der Waals surface area contributed by atoms with Crippen molar-refractivity contribution >= 4 is 11.8 Å². The molecule has 1 atom stereocenters. The van der Waals surface area contributed by atoms with E-state index in [0.29, 0.717) is 25.8 Å². The van der Waals surface area contributed by atoms with Crippen LogP contribution in [0, 0.1) is 5.82 Å². The summed E-state index contributed by atoms with van der Waals surface area (Å²) >= 11 is 0. The number of benzene rings is 1. The molecule has 1 fully saturated rings. The van der Waals surface area contributed by atoms with Crippen LogP contribution in [-0.2, 0) is 16.1 Å². The Morgan fingerprint density at radius 2 is 1.92 bits per heavy atom. The van der Waals surface area contributed by atoms with Crippen LogP contribution in [0.5, 0.6) is 0 Å². The number of halogens is 1. The smallest absolute Gasteiger partial charge is 0.222 e. The number of amides is 2. The first kappa shape index (κ1) is 18.4. The second-order valence-corrected chi connectivity index (χ2v) is 6.32. The van der Waals surface area contributed by atoms with Crippen molar-refractivity contribution in [3.63, 3.8) is 0 Å². The van der Waals surface area contributed by atoms with Crippen molar-refractivity contribution in [2.75, 3.05) is 26.7 Å². The fourth-order valence-electron chi connectivity index (χ4n) is 3.06. The minimum atomic E-state index is -0.223. The molecule has 0 spiro atoms. The Bertz CT molecular complexity index is 562. The summed E-state index contributed by atoms with van der Waals surface area (Å²) in [6.45, 7) is 5.12. The summed E-state index contributed by atoms with van der Waals surface area (Å²) in [7, 11) is 1.60. The molecule has 0 bridgehead atoms. The van der Waals surface area contributed by atoms with Crippen molar-refractivity contribution in [3.05, 3.63) is 35.6 Å². The third-order valence-corrected chi connectivity index (χ3v) is 4.42. The van der Waals surface area contributed by atoms with E-state index < -0.39 is 0 Å². The van der Waals surface area contributed by atoms with Crippen molar-refractivity contribution in [1.82, 2.24) is 15.1 Å². The Labute approximate surface area is 142 Å². The Morgan fingerprint density at radius 1 is 1.21 bits per heavy atom. The monoisotopic (exact) mass is 335 g/mol. The molecule has 1 aromatic carbocycles. The van der Waals surface area contributed by atoms with Gasteiger partial charge in [0.05, 0.1) is 0 Å². The van der Waals surface area contributed by atoms with Crippen LogP contribution < -0.4 is 5.32 Å². The first-order chi connectivity index (χ1) is 11.5. The van der Waals surface area contributed by atoms with Crippen LogP contribution in [0.25, 0.3) is 0 Å². The fourth-order valence-corrected chi connectivity index (χ4v) is 3.06. The maximum atomic E-state index is 13.0. The maximum Gasteiger partial charge on any atom is 0.222 e. The molecule has 2 rings (SSSR count). The Morgan fingerprint density at radius 3 is 2.54 bits per heavy atom. The molecule has 24 heavy (non-hydrogen) atoms. The lowest BCUT2D eigenvalue weighted by molar-refractivity contribution is -0.136. The van der Waals surface area contributed by atoms with Crippen molar-refractivity contribution in [2.24, 2.45) is 0 Å². The highest BCUT2D eigenvalue weighted by atomic mass is 19.1. The van der Waals surface area contributed by atoms with Gasteiger partial charge in [-0.2, -0.15) is 0 Å². The normalized spacial score (nSPS) is 18.5. The number of hydrogen-bond acceptors (Lipinski definition) is 3. The van der Waals surface area contributed by atoms with E-state index in [2.05, 4.69) is 10.2 Å². The van der Waals surface area contributed by atoms with Gasteiger partial charge in [0.1, 0.15) is 5.82 Å². The van der Waals surface area contributed by atoms with E-state index in [1.807, 2.05) is 11.8 Å². The lowest BCUT2D eigenvalue weighted by Gasteiger charge is -2.40. The molecule has 0 radical (unpaired) electrons. The molecule has 132 valence electrons. The first-order valence-electron chi connectivity index (χ1n) is 8.46. The topological polar surface area (TPSA) is 52.7 Å². The molecule has 6 heteroatoms. The average molecular weight is 335 g/mol. The Kier molecular flexibility index (Phi) is 6.73. The number of nitrogens with one attached hydrogen (secondary N) is 1. The summed E-state index contributed by atoms with van der Waals surface area (Å²) in [4.78, 5) is 27.7. The summed E-state index contributed by atoms with van der Waals surface area (Å²) in [6.07, 6.45) is 1.39. The molecule has 1 aliphatic rings. The van der Waals surface area contributed by atoms with Crippen molar-refractivity contribution in [3.8, 4) is 0 Å². The minimum Gasteiger partial charge on any atom is -0.359 e. The third kappa shape index (κ3) is 5.30. The number of carbonyl (C=O) groups is 2. The summed E-state index contributed by atoms with van der Waals surface area (Å²) < 4.78 is 13.0. The molecule has 1 saturated heterocycles. The van der Waals surface area contributed by atoms with Gasteiger partial charge in [0.15, 0.2) is 0 Å². The lowest BCUT2D eigenvalue weighted by atomic mass is 10.1. The zero-order valence-electron chi connectivity index (χ0n) is 14.4. The van der Waals surface area contributed by atoms with Crippen LogP contribution in [0.3, 0.4) is 0 Å². The van der Waals surface area contributed by atoms with Gasteiger partial charge in [-0.25, -0.2) is 4.39 Å². The Hall–Kier alpha value is -1.95. The molecule has 1 N–H and O–H groups in total. The molecule has 0 unspecified atom stereocenters. The molecular formula is C18H26FN3O2. The zero-order chi connectivity index (χ0) is 17.5. The molecule has 1 aromatic rings. The van der Waals surface area contributed by atoms with Gasteiger partial charge in [-0.1, -0.05) is 12.1 Å². The quantitative estimate of drug-likeness (QED) is 0.862. The number of nitrogens with zero attached hydrogens (tertiary/aromatic N) is 2. The van der Waals surface area contributed by atoms with Crippen LogP contribution in [0.15, 0.2) is 24.3 Å². The van der Waals surface area contributed by atoms with E-state index in [9.17, 15) is 14.0 Å². The van der Waals surface area contributed by atoms with E-state index in [0.717, 1.165) is 25.2 Å². The standard InChI is InChI=1S/C18H26FN3O2/c1-14-12-21(13-15-6-8-16(19)9-7-15)10-11-22(14)18(24)5-3-4-17(23)20-2/h6-9,14H,3-5,10-13H2,1-2H3,(H,20,23)/t14-/m1/s1. The summed E-state index contributed by atoms with van der Waals surface area (Å²) in [6, 6.07) is 6.70.